The number of para-hydroxylation sites is 1. The Bertz CT molecular complexity index is 1340. The van der Waals surface area contributed by atoms with E-state index in [2.05, 4.69) is 58.9 Å². The Kier molecular flexibility index (Phi) is 7.48. The average Bonchev–Trinajstić information content (AvgIpc) is 3.51. The zero-order valence-corrected chi connectivity index (χ0v) is 20.2. The Labute approximate surface area is 206 Å². The van der Waals surface area contributed by atoms with Gasteiger partial charge >= 0.3 is 11.9 Å². The Balaban J connectivity index is 0.000000431. The highest BCUT2D eigenvalue weighted by Gasteiger charge is 2.23. The van der Waals surface area contributed by atoms with Crippen molar-refractivity contribution in [3.63, 3.8) is 0 Å². The van der Waals surface area contributed by atoms with Gasteiger partial charge in [0.15, 0.2) is 0 Å². The summed E-state index contributed by atoms with van der Waals surface area (Å²) in [4.78, 5) is 36.0. The second kappa shape index (κ2) is 10.7. The van der Waals surface area contributed by atoms with E-state index < -0.39 is 11.9 Å². The molecule has 1 aliphatic rings. The van der Waals surface area contributed by atoms with E-state index in [1.54, 1.807) is 0 Å². The minimum absolute atomic E-state index is 0.174. The number of aliphatic carboxylic acids is 2. The maximum absolute atomic E-state index is 12.5. The zero-order chi connectivity index (χ0) is 24.9. The van der Waals surface area contributed by atoms with E-state index in [0.717, 1.165) is 44.1 Å². The number of hydrogen-bond acceptors (Lipinski definition) is 5. The number of aryl methyl sites for hydroxylation is 1. The highest BCUT2D eigenvalue weighted by molar-refractivity contribution is 7.12. The molecule has 1 fully saturated rings. The molecule has 35 heavy (non-hydrogen) atoms. The summed E-state index contributed by atoms with van der Waals surface area (Å²) in [5.41, 5.74) is 3.96. The summed E-state index contributed by atoms with van der Waals surface area (Å²) in [6, 6.07) is 19.4. The van der Waals surface area contributed by atoms with Crippen LogP contribution < -0.4 is 0 Å². The van der Waals surface area contributed by atoms with Crippen LogP contribution in [0.25, 0.3) is 21.8 Å². The quantitative estimate of drug-likeness (QED) is 0.417. The molecule has 2 aromatic heterocycles. The molecule has 4 aromatic rings. The smallest absolute Gasteiger partial charge is 0.414 e. The molecule has 182 valence electrons. The number of hydrogen-bond donors (Lipinski definition) is 2. The minimum Gasteiger partial charge on any atom is -0.473 e. The minimum atomic E-state index is -1.82. The van der Waals surface area contributed by atoms with E-state index in [9.17, 15) is 4.79 Å². The first-order chi connectivity index (χ1) is 16.9. The number of benzene rings is 2. The second-order valence-electron chi connectivity index (χ2n) is 8.27. The van der Waals surface area contributed by atoms with Gasteiger partial charge in [-0.2, -0.15) is 0 Å². The number of carbonyl (C=O) groups is 3. The third-order valence-corrected chi connectivity index (χ3v) is 6.99. The molecule has 3 heterocycles. The predicted octanol–water partition coefficient (Wildman–Crippen LogP) is 3.99. The lowest BCUT2D eigenvalue weighted by Crippen LogP contribution is -2.48. The monoisotopic (exact) mass is 493 g/mol. The molecule has 1 saturated heterocycles. The third-order valence-electron chi connectivity index (χ3n) is 6.13. The fraction of sp³-hybridized carbons (Fsp3) is 0.269. The lowest BCUT2D eigenvalue weighted by atomic mass is 10.1. The molecule has 5 rings (SSSR count). The molecule has 0 unspecified atom stereocenters. The number of piperazine rings is 1. The molecule has 2 aromatic carbocycles. The van der Waals surface area contributed by atoms with Crippen LogP contribution in [-0.2, 0) is 22.7 Å². The fourth-order valence-electron chi connectivity index (χ4n) is 4.46. The molecular formula is C26H27N3O5S. The van der Waals surface area contributed by atoms with E-state index in [1.807, 2.05) is 22.4 Å². The van der Waals surface area contributed by atoms with E-state index in [0.29, 0.717) is 0 Å². The molecule has 8 nitrogen and oxygen atoms in total. The molecule has 0 spiro atoms. The first kappa shape index (κ1) is 24.4. The highest BCUT2D eigenvalue weighted by Crippen LogP contribution is 2.30. The summed E-state index contributed by atoms with van der Waals surface area (Å²) < 4.78 is 2.39. The number of carboxylic acid groups (broad SMARTS) is 2. The van der Waals surface area contributed by atoms with Crippen molar-refractivity contribution in [3.8, 4) is 0 Å². The lowest BCUT2D eigenvalue weighted by molar-refractivity contribution is -0.159. The maximum Gasteiger partial charge on any atom is 0.414 e. The van der Waals surface area contributed by atoms with Crippen molar-refractivity contribution < 1.29 is 24.6 Å². The SMILES string of the molecule is CCn1c2ccccc2c2cc(CN3CCN(C(=O)c4cccs4)CC3)ccc21.O=C(O)C(=O)O. The van der Waals surface area contributed by atoms with Crippen LogP contribution in [0.15, 0.2) is 60.0 Å². The predicted molar refractivity (Wildman–Crippen MR) is 136 cm³/mol. The molecule has 9 heteroatoms. The average molecular weight is 494 g/mol. The summed E-state index contributed by atoms with van der Waals surface area (Å²) in [7, 11) is 0. The van der Waals surface area contributed by atoms with Crippen molar-refractivity contribution >= 4 is 51.0 Å². The van der Waals surface area contributed by atoms with Gasteiger partial charge < -0.3 is 19.7 Å². The van der Waals surface area contributed by atoms with Gasteiger partial charge in [0.25, 0.3) is 5.91 Å². The number of thiophene rings is 1. The van der Waals surface area contributed by atoms with Gasteiger partial charge in [0.1, 0.15) is 0 Å². The van der Waals surface area contributed by atoms with Crippen molar-refractivity contribution in [1.29, 1.82) is 0 Å². The van der Waals surface area contributed by atoms with Gasteiger partial charge in [0, 0.05) is 61.1 Å². The van der Waals surface area contributed by atoms with Crippen molar-refractivity contribution in [2.75, 3.05) is 26.2 Å². The topological polar surface area (TPSA) is 103 Å². The number of fused-ring (bicyclic) bond motifs is 3. The summed E-state index contributed by atoms with van der Waals surface area (Å²) >= 11 is 1.53. The van der Waals surface area contributed by atoms with Crippen molar-refractivity contribution in [2.45, 2.75) is 20.0 Å². The van der Waals surface area contributed by atoms with Crippen molar-refractivity contribution in [2.24, 2.45) is 0 Å². The van der Waals surface area contributed by atoms with Gasteiger partial charge in [-0.1, -0.05) is 30.3 Å². The molecule has 0 radical (unpaired) electrons. The molecule has 0 aliphatic carbocycles. The van der Waals surface area contributed by atoms with Gasteiger partial charge in [-0.25, -0.2) is 9.59 Å². The summed E-state index contributed by atoms with van der Waals surface area (Å²) in [5.74, 6) is -3.47. The standard InChI is InChI=1S/C24H25N3OS.C2H2O4/c1-2-27-21-7-4-3-6-19(21)20-16-18(9-10-22(20)27)17-25-11-13-26(14-12-25)24(28)23-8-5-15-29-23;3-1(4)2(5)6/h3-10,15-16H,2,11-14,17H2,1H3;(H,3,4)(H,5,6). The van der Waals surface area contributed by atoms with E-state index in [4.69, 9.17) is 19.8 Å². The number of carboxylic acids is 2. The largest absolute Gasteiger partial charge is 0.473 e. The van der Waals surface area contributed by atoms with Crippen molar-refractivity contribution in [1.82, 2.24) is 14.4 Å². The van der Waals surface area contributed by atoms with Crippen LogP contribution in [0.4, 0.5) is 0 Å². The number of amides is 1. The second-order valence-corrected chi connectivity index (χ2v) is 9.22. The number of rotatable bonds is 4. The highest BCUT2D eigenvalue weighted by atomic mass is 32.1. The number of nitrogens with zero attached hydrogens (tertiary/aromatic N) is 3. The van der Waals surface area contributed by atoms with Gasteiger partial charge in [-0.15, -0.1) is 11.3 Å². The first-order valence-corrected chi connectivity index (χ1v) is 12.3. The van der Waals surface area contributed by atoms with Crippen LogP contribution in [0, 0.1) is 0 Å². The van der Waals surface area contributed by atoms with E-state index in [-0.39, 0.29) is 5.91 Å². The van der Waals surface area contributed by atoms with Crippen LogP contribution in [-0.4, -0.2) is 68.6 Å². The van der Waals surface area contributed by atoms with Crippen LogP contribution >= 0.6 is 11.3 Å². The molecule has 1 amide bonds. The van der Waals surface area contributed by atoms with Crippen LogP contribution in [0.3, 0.4) is 0 Å². The van der Waals surface area contributed by atoms with E-state index in [1.165, 1.54) is 38.7 Å². The summed E-state index contributed by atoms with van der Waals surface area (Å²) in [6.45, 7) is 7.56. The lowest BCUT2D eigenvalue weighted by Gasteiger charge is -2.34. The summed E-state index contributed by atoms with van der Waals surface area (Å²) in [6.07, 6.45) is 0. The van der Waals surface area contributed by atoms with Crippen LogP contribution in [0.2, 0.25) is 0 Å². The van der Waals surface area contributed by atoms with Crippen LogP contribution in [0.1, 0.15) is 22.2 Å². The Morgan fingerprint density at radius 2 is 1.54 bits per heavy atom. The Hall–Kier alpha value is -3.69. The number of carbonyl (C=O) groups excluding carboxylic acids is 1. The maximum atomic E-state index is 12.5. The molecular weight excluding hydrogens is 466 g/mol. The normalized spacial score (nSPS) is 14.0. The third kappa shape index (κ3) is 5.36. The molecule has 1 aliphatic heterocycles. The first-order valence-electron chi connectivity index (χ1n) is 11.4. The fourth-order valence-corrected chi connectivity index (χ4v) is 5.15. The molecule has 0 bridgehead atoms. The Morgan fingerprint density at radius 3 is 2.17 bits per heavy atom. The van der Waals surface area contributed by atoms with E-state index >= 15 is 0 Å². The van der Waals surface area contributed by atoms with Crippen LogP contribution in [0.5, 0.6) is 0 Å². The molecule has 0 atom stereocenters. The van der Waals surface area contributed by atoms with Crippen molar-refractivity contribution in [3.05, 3.63) is 70.4 Å². The van der Waals surface area contributed by atoms with Gasteiger partial charge in [0.2, 0.25) is 0 Å². The molecule has 0 saturated carbocycles. The Morgan fingerprint density at radius 1 is 0.857 bits per heavy atom. The number of aromatic nitrogens is 1. The van der Waals surface area contributed by atoms with Gasteiger partial charge in [-0.05, 0) is 42.1 Å². The summed E-state index contributed by atoms with van der Waals surface area (Å²) in [5, 5.41) is 19.4. The zero-order valence-electron chi connectivity index (χ0n) is 19.4. The molecule has 2 N–H and O–H groups in total. The van der Waals surface area contributed by atoms with Gasteiger partial charge in [-0.3, -0.25) is 9.69 Å². The van der Waals surface area contributed by atoms with Gasteiger partial charge in [0.05, 0.1) is 4.88 Å².